The minimum atomic E-state index is -6.89. The topological polar surface area (TPSA) is 12.5 Å². The Balaban J connectivity index is 2.28. The van der Waals surface area contributed by atoms with Crippen molar-refractivity contribution >= 4 is 0 Å². The molecule has 22 heavy (non-hydrogen) atoms. The van der Waals surface area contributed by atoms with E-state index in [-0.39, 0.29) is 5.56 Å². The highest BCUT2D eigenvalue weighted by Crippen LogP contribution is 2.59. The van der Waals surface area contributed by atoms with Gasteiger partial charge in [-0.2, -0.15) is 39.5 Å². The normalized spacial score (nSPS) is 23.5. The van der Waals surface area contributed by atoms with Crippen molar-refractivity contribution in [1.82, 2.24) is 0 Å². The van der Waals surface area contributed by atoms with Crippen LogP contribution in [0.2, 0.25) is 0 Å². The third-order valence-electron chi connectivity index (χ3n) is 3.15. The Kier molecular flexibility index (Phi) is 3.67. The van der Waals surface area contributed by atoms with Crippen LogP contribution in [-0.4, -0.2) is 30.0 Å². The third-order valence-corrected chi connectivity index (χ3v) is 3.15. The second-order valence-electron chi connectivity index (χ2n) is 4.66. The Bertz CT molecular complexity index is 537. The third kappa shape index (κ3) is 2.33. The van der Waals surface area contributed by atoms with E-state index in [1.54, 1.807) is 0 Å². The molecular formula is C12H7F9O. The standard InChI is InChI=1S/C12H7F9O/c13-9(14,10(15,16)11(17,18)12(19,20)21)8-7(22-8)6-4-2-1-3-5-6/h1-5,7-8H. The first-order valence-electron chi connectivity index (χ1n) is 5.74. The molecule has 0 amide bonds. The molecule has 1 fully saturated rings. The van der Waals surface area contributed by atoms with Crippen LogP contribution in [0, 0.1) is 0 Å². The van der Waals surface area contributed by atoms with Crippen molar-refractivity contribution < 1.29 is 44.3 Å². The predicted octanol–water partition coefficient (Wildman–Crippen LogP) is 4.59. The minimum Gasteiger partial charge on any atom is -0.358 e. The zero-order chi connectivity index (χ0) is 17.0. The Labute approximate surface area is 117 Å². The Hall–Kier alpha value is -1.45. The highest BCUT2D eigenvalue weighted by atomic mass is 19.4. The maximum atomic E-state index is 13.5. The summed E-state index contributed by atoms with van der Waals surface area (Å²) in [7, 11) is 0. The van der Waals surface area contributed by atoms with Gasteiger partial charge in [0.2, 0.25) is 0 Å². The van der Waals surface area contributed by atoms with Gasteiger partial charge < -0.3 is 4.74 Å². The summed E-state index contributed by atoms with van der Waals surface area (Å²) >= 11 is 0. The molecule has 0 N–H and O–H groups in total. The van der Waals surface area contributed by atoms with E-state index in [0.29, 0.717) is 0 Å². The average Bonchev–Trinajstić information content (AvgIpc) is 3.18. The number of alkyl halides is 9. The lowest BCUT2D eigenvalue weighted by atomic mass is 9.97. The smallest absolute Gasteiger partial charge is 0.358 e. The van der Waals surface area contributed by atoms with E-state index in [9.17, 15) is 39.5 Å². The number of benzene rings is 1. The summed E-state index contributed by atoms with van der Waals surface area (Å²) < 4.78 is 119. The summed E-state index contributed by atoms with van der Waals surface area (Å²) in [6, 6.07) is 6.54. The molecule has 2 unspecified atom stereocenters. The van der Waals surface area contributed by atoms with E-state index >= 15 is 0 Å². The SMILES string of the molecule is FC(F)(F)C(F)(F)C(F)(F)C(F)(F)C1OC1c1ccccc1. The first-order chi connectivity index (χ1) is 9.84. The molecular weight excluding hydrogens is 331 g/mol. The lowest BCUT2D eigenvalue weighted by molar-refractivity contribution is -0.398. The van der Waals surface area contributed by atoms with E-state index in [2.05, 4.69) is 4.74 Å². The molecule has 0 radical (unpaired) electrons. The largest absolute Gasteiger partial charge is 0.460 e. The number of ether oxygens (including phenoxy) is 1. The molecule has 10 heteroatoms. The average molecular weight is 338 g/mol. The van der Waals surface area contributed by atoms with Crippen LogP contribution in [0.15, 0.2) is 30.3 Å². The van der Waals surface area contributed by atoms with Gasteiger partial charge in [-0.05, 0) is 5.56 Å². The van der Waals surface area contributed by atoms with Gasteiger partial charge >= 0.3 is 23.9 Å². The summed E-state index contributed by atoms with van der Waals surface area (Å²) in [6.45, 7) is 0. The van der Waals surface area contributed by atoms with Crippen LogP contribution in [0.4, 0.5) is 39.5 Å². The minimum absolute atomic E-state index is 0.0294. The highest BCUT2D eigenvalue weighted by Gasteiger charge is 2.85. The van der Waals surface area contributed by atoms with Crippen molar-refractivity contribution in [3.05, 3.63) is 35.9 Å². The van der Waals surface area contributed by atoms with E-state index in [4.69, 9.17) is 0 Å². The van der Waals surface area contributed by atoms with Crippen LogP contribution < -0.4 is 0 Å². The molecule has 1 heterocycles. The molecule has 0 saturated carbocycles. The predicted molar refractivity (Wildman–Crippen MR) is 55.0 cm³/mol. The molecule has 0 aliphatic carbocycles. The van der Waals surface area contributed by atoms with Crippen LogP contribution in [0.5, 0.6) is 0 Å². The Morgan fingerprint density at radius 1 is 0.727 bits per heavy atom. The summed E-state index contributed by atoms with van der Waals surface area (Å²) in [5, 5.41) is 0. The fourth-order valence-electron chi connectivity index (χ4n) is 1.85. The monoisotopic (exact) mass is 338 g/mol. The fourth-order valence-corrected chi connectivity index (χ4v) is 1.85. The maximum Gasteiger partial charge on any atom is 0.460 e. The summed E-state index contributed by atoms with van der Waals surface area (Å²) in [5.74, 6) is -19.2. The molecule has 124 valence electrons. The number of rotatable bonds is 4. The number of halogens is 9. The van der Waals surface area contributed by atoms with E-state index in [1.807, 2.05) is 0 Å². The molecule has 1 aromatic carbocycles. The van der Waals surface area contributed by atoms with Gasteiger partial charge in [0.05, 0.1) is 0 Å². The Morgan fingerprint density at radius 3 is 1.68 bits per heavy atom. The lowest BCUT2D eigenvalue weighted by Crippen LogP contribution is -2.62. The summed E-state index contributed by atoms with van der Waals surface area (Å²) in [6.07, 6.45) is -11.3. The molecule has 1 nitrogen and oxygen atoms in total. The molecule has 0 spiro atoms. The Morgan fingerprint density at radius 2 is 1.23 bits per heavy atom. The van der Waals surface area contributed by atoms with Crippen molar-refractivity contribution in [2.75, 3.05) is 0 Å². The van der Waals surface area contributed by atoms with Crippen LogP contribution in [0.25, 0.3) is 0 Å². The zero-order valence-corrected chi connectivity index (χ0v) is 10.4. The zero-order valence-electron chi connectivity index (χ0n) is 10.4. The fraction of sp³-hybridized carbons (Fsp3) is 0.500. The van der Waals surface area contributed by atoms with Crippen molar-refractivity contribution in [2.45, 2.75) is 36.2 Å². The van der Waals surface area contributed by atoms with Crippen LogP contribution in [0.1, 0.15) is 11.7 Å². The number of epoxide rings is 1. The van der Waals surface area contributed by atoms with Gasteiger partial charge in [-0.15, -0.1) is 0 Å². The maximum absolute atomic E-state index is 13.5. The molecule has 1 aromatic rings. The van der Waals surface area contributed by atoms with Crippen LogP contribution >= 0.6 is 0 Å². The van der Waals surface area contributed by atoms with Gasteiger partial charge in [-0.3, -0.25) is 0 Å². The van der Waals surface area contributed by atoms with Gasteiger partial charge in [-0.25, -0.2) is 0 Å². The van der Waals surface area contributed by atoms with Gasteiger partial charge in [0.15, 0.2) is 6.10 Å². The highest BCUT2D eigenvalue weighted by molar-refractivity contribution is 5.25. The first-order valence-corrected chi connectivity index (χ1v) is 5.74. The van der Waals surface area contributed by atoms with Crippen molar-refractivity contribution in [3.63, 3.8) is 0 Å². The van der Waals surface area contributed by atoms with Crippen LogP contribution in [-0.2, 0) is 4.74 Å². The first kappa shape index (κ1) is 16.9. The van der Waals surface area contributed by atoms with Crippen molar-refractivity contribution in [2.24, 2.45) is 0 Å². The molecule has 0 aromatic heterocycles. The quantitative estimate of drug-likeness (QED) is 0.578. The van der Waals surface area contributed by atoms with Gasteiger partial charge in [0, 0.05) is 0 Å². The van der Waals surface area contributed by atoms with E-state index < -0.39 is 36.2 Å². The second kappa shape index (κ2) is 4.77. The van der Waals surface area contributed by atoms with E-state index in [0.717, 1.165) is 0 Å². The van der Waals surface area contributed by atoms with Gasteiger partial charge in [0.25, 0.3) is 0 Å². The molecule has 1 aliphatic rings. The van der Waals surface area contributed by atoms with Crippen molar-refractivity contribution in [3.8, 4) is 0 Å². The molecule has 2 rings (SSSR count). The number of hydrogen-bond acceptors (Lipinski definition) is 1. The summed E-state index contributed by atoms with van der Waals surface area (Å²) in [4.78, 5) is 0. The van der Waals surface area contributed by atoms with Crippen molar-refractivity contribution in [1.29, 1.82) is 0 Å². The molecule has 1 saturated heterocycles. The molecule has 0 bridgehead atoms. The van der Waals surface area contributed by atoms with Crippen LogP contribution in [0.3, 0.4) is 0 Å². The van der Waals surface area contributed by atoms with Gasteiger partial charge in [0.1, 0.15) is 6.10 Å². The molecule has 2 atom stereocenters. The lowest BCUT2D eigenvalue weighted by Gasteiger charge is -2.33. The molecule has 1 aliphatic heterocycles. The summed E-state index contributed by atoms with van der Waals surface area (Å²) in [5.41, 5.74) is -0.0294. The number of hydrogen-bond donors (Lipinski definition) is 0. The van der Waals surface area contributed by atoms with E-state index in [1.165, 1.54) is 30.3 Å². The second-order valence-corrected chi connectivity index (χ2v) is 4.66. The van der Waals surface area contributed by atoms with Gasteiger partial charge in [-0.1, -0.05) is 30.3 Å².